The Morgan fingerprint density at radius 2 is 2.00 bits per heavy atom. The van der Waals surface area contributed by atoms with Gasteiger partial charge in [-0.1, -0.05) is 24.4 Å². The van der Waals surface area contributed by atoms with Crippen LogP contribution >= 0.6 is 35.3 Å². The second kappa shape index (κ2) is 9.41. The molecule has 2 aliphatic rings. The SMILES string of the molecule is Cl.O=C(C1CCCC1)n1nc(C2CCNCC2)cc1NCc1ccc(Cl)s1. The van der Waals surface area contributed by atoms with E-state index < -0.39 is 0 Å². The molecule has 0 bridgehead atoms. The van der Waals surface area contributed by atoms with Crippen LogP contribution in [0.3, 0.4) is 0 Å². The minimum Gasteiger partial charge on any atom is -0.365 e. The number of hydrogen-bond donors (Lipinski definition) is 2. The van der Waals surface area contributed by atoms with Crippen molar-refractivity contribution in [3.8, 4) is 0 Å². The van der Waals surface area contributed by atoms with Crippen molar-refractivity contribution in [1.29, 1.82) is 0 Å². The molecule has 2 aromatic heterocycles. The van der Waals surface area contributed by atoms with Crippen LogP contribution < -0.4 is 10.6 Å². The Hall–Kier alpha value is -1.08. The molecule has 2 fully saturated rings. The molecule has 148 valence electrons. The van der Waals surface area contributed by atoms with E-state index in [1.165, 1.54) is 0 Å². The van der Waals surface area contributed by atoms with Gasteiger partial charge in [0.2, 0.25) is 0 Å². The largest absolute Gasteiger partial charge is 0.365 e. The first-order valence-corrected chi connectivity index (χ1v) is 10.7. The summed E-state index contributed by atoms with van der Waals surface area (Å²) in [5.74, 6) is 1.52. The monoisotopic (exact) mass is 428 g/mol. The van der Waals surface area contributed by atoms with Gasteiger partial charge in [0, 0.05) is 22.8 Å². The maximum absolute atomic E-state index is 13.0. The number of carbonyl (C=O) groups is 1. The molecule has 1 saturated carbocycles. The van der Waals surface area contributed by atoms with E-state index in [1.807, 2.05) is 12.1 Å². The molecule has 0 spiro atoms. The van der Waals surface area contributed by atoms with Crippen molar-refractivity contribution in [2.75, 3.05) is 18.4 Å². The molecular weight excluding hydrogens is 403 g/mol. The van der Waals surface area contributed by atoms with Gasteiger partial charge in [-0.05, 0) is 50.9 Å². The summed E-state index contributed by atoms with van der Waals surface area (Å²) in [7, 11) is 0. The highest BCUT2D eigenvalue weighted by Gasteiger charge is 2.28. The molecule has 27 heavy (non-hydrogen) atoms. The molecule has 0 atom stereocenters. The molecule has 1 saturated heterocycles. The second-order valence-corrected chi connectivity index (χ2v) is 9.07. The van der Waals surface area contributed by atoms with Crippen molar-refractivity contribution in [2.24, 2.45) is 5.92 Å². The highest BCUT2D eigenvalue weighted by atomic mass is 35.5. The zero-order chi connectivity index (χ0) is 17.9. The van der Waals surface area contributed by atoms with Crippen LogP contribution in [0.25, 0.3) is 0 Å². The summed E-state index contributed by atoms with van der Waals surface area (Å²) in [5, 5.41) is 11.6. The lowest BCUT2D eigenvalue weighted by Gasteiger charge is -2.20. The number of piperidine rings is 1. The number of nitrogens with one attached hydrogen (secondary N) is 2. The number of hydrogen-bond acceptors (Lipinski definition) is 5. The van der Waals surface area contributed by atoms with Gasteiger partial charge in [-0.25, -0.2) is 0 Å². The van der Waals surface area contributed by atoms with E-state index in [-0.39, 0.29) is 24.2 Å². The summed E-state index contributed by atoms with van der Waals surface area (Å²) in [6.07, 6.45) is 6.43. The molecule has 2 aromatic rings. The average Bonchev–Trinajstić information content (AvgIpc) is 3.41. The van der Waals surface area contributed by atoms with Gasteiger partial charge in [0.15, 0.2) is 0 Å². The molecule has 0 aromatic carbocycles. The van der Waals surface area contributed by atoms with Crippen molar-refractivity contribution < 1.29 is 4.79 Å². The number of thiophene rings is 1. The maximum Gasteiger partial charge on any atom is 0.251 e. The number of halogens is 2. The predicted octanol–water partition coefficient (Wildman–Crippen LogP) is 4.93. The standard InChI is InChI=1S/C19H25ClN4OS.ClH/c20-17-6-5-15(26-17)12-22-18-11-16(13-7-9-21-10-8-13)23-24(18)19(25)14-3-1-2-4-14;/h5-6,11,13-14,21-22H,1-4,7-10,12H2;1H. The minimum absolute atomic E-state index is 0. The Bertz CT molecular complexity index is 764. The van der Waals surface area contributed by atoms with Gasteiger partial charge in [-0.2, -0.15) is 9.78 Å². The Morgan fingerprint density at radius 3 is 2.67 bits per heavy atom. The molecular formula is C19H26Cl2N4OS. The average molecular weight is 429 g/mol. The summed E-state index contributed by atoms with van der Waals surface area (Å²) in [5.41, 5.74) is 1.05. The van der Waals surface area contributed by atoms with E-state index in [9.17, 15) is 4.79 Å². The molecule has 3 heterocycles. The topological polar surface area (TPSA) is 59.0 Å². The zero-order valence-electron chi connectivity index (χ0n) is 15.2. The number of anilines is 1. The van der Waals surface area contributed by atoms with E-state index in [2.05, 4.69) is 16.7 Å². The normalized spacial score (nSPS) is 18.4. The quantitative estimate of drug-likeness (QED) is 0.708. The van der Waals surface area contributed by atoms with E-state index in [1.54, 1.807) is 16.0 Å². The van der Waals surface area contributed by atoms with Crippen molar-refractivity contribution in [2.45, 2.75) is 51.0 Å². The molecule has 2 N–H and O–H groups in total. The van der Waals surface area contributed by atoms with Crippen LogP contribution in [-0.4, -0.2) is 28.8 Å². The fraction of sp³-hybridized carbons (Fsp3) is 0.579. The maximum atomic E-state index is 13.0. The van der Waals surface area contributed by atoms with Crippen LogP contribution in [0, 0.1) is 5.92 Å². The summed E-state index contributed by atoms with van der Waals surface area (Å²) in [6, 6.07) is 6.01. The van der Waals surface area contributed by atoms with Gasteiger partial charge >= 0.3 is 0 Å². The smallest absolute Gasteiger partial charge is 0.251 e. The summed E-state index contributed by atoms with van der Waals surface area (Å²) < 4.78 is 2.43. The fourth-order valence-corrected chi connectivity index (χ4v) is 5.01. The van der Waals surface area contributed by atoms with E-state index >= 15 is 0 Å². The highest BCUT2D eigenvalue weighted by Crippen LogP contribution is 2.31. The van der Waals surface area contributed by atoms with Crippen LogP contribution in [0.2, 0.25) is 4.34 Å². The molecule has 1 aliphatic carbocycles. The number of nitrogens with zero attached hydrogens (tertiary/aromatic N) is 2. The van der Waals surface area contributed by atoms with Gasteiger partial charge in [-0.15, -0.1) is 23.7 Å². The van der Waals surface area contributed by atoms with Gasteiger partial charge in [0.05, 0.1) is 16.6 Å². The van der Waals surface area contributed by atoms with Crippen LogP contribution in [0.1, 0.15) is 59.8 Å². The van der Waals surface area contributed by atoms with Crippen LogP contribution in [0.15, 0.2) is 18.2 Å². The first-order chi connectivity index (χ1) is 12.7. The predicted molar refractivity (Wildman–Crippen MR) is 114 cm³/mol. The van der Waals surface area contributed by atoms with Gasteiger partial charge in [-0.3, -0.25) is 4.79 Å². The molecule has 5 nitrogen and oxygen atoms in total. The fourth-order valence-electron chi connectivity index (χ4n) is 3.98. The molecule has 0 amide bonds. The summed E-state index contributed by atoms with van der Waals surface area (Å²) in [6.45, 7) is 2.70. The van der Waals surface area contributed by atoms with Crippen LogP contribution in [0.5, 0.6) is 0 Å². The van der Waals surface area contributed by atoms with Gasteiger partial charge in [0.25, 0.3) is 5.91 Å². The zero-order valence-corrected chi connectivity index (χ0v) is 17.6. The lowest BCUT2D eigenvalue weighted by Crippen LogP contribution is -2.27. The van der Waals surface area contributed by atoms with E-state index in [0.717, 1.165) is 72.3 Å². The molecule has 0 radical (unpaired) electrons. The molecule has 0 unspecified atom stereocenters. The lowest BCUT2D eigenvalue weighted by atomic mass is 9.95. The lowest BCUT2D eigenvalue weighted by molar-refractivity contribution is 0.0822. The third-order valence-electron chi connectivity index (χ3n) is 5.47. The van der Waals surface area contributed by atoms with Crippen LogP contribution in [-0.2, 0) is 6.54 Å². The van der Waals surface area contributed by atoms with Crippen LogP contribution in [0.4, 0.5) is 5.82 Å². The Morgan fingerprint density at radius 1 is 1.26 bits per heavy atom. The minimum atomic E-state index is 0. The van der Waals surface area contributed by atoms with Crippen molar-refractivity contribution >= 4 is 47.1 Å². The third kappa shape index (κ3) is 4.86. The summed E-state index contributed by atoms with van der Waals surface area (Å²) >= 11 is 7.59. The van der Waals surface area contributed by atoms with Gasteiger partial charge < -0.3 is 10.6 Å². The van der Waals surface area contributed by atoms with Crippen molar-refractivity contribution in [3.63, 3.8) is 0 Å². The second-order valence-electron chi connectivity index (χ2n) is 7.27. The van der Waals surface area contributed by atoms with E-state index in [0.29, 0.717) is 12.5 Å². The van der Waals surface area contributed by atoms with E-state index in [4.69, 9.17) is 16.7 Å². The number of carbonyl (C=O) groups excluding carboxylic acids is 1. The highest BCUT2D eigenvalue weighted by molar-refractivity contribution is 7.16. The Balaban J connectivity index is 0.00000210. The number of aromatic nitrogens is 2. The Labute approximate surface area is 175 Å². The molecule has 1 aliphatic heterocycles. The van der Waals surface area contributed by atoms with Crippen molar-refractivity contribution in [3.05, 3.63) is 33.1 Å². The van der Waals surface area contributed by atoms with Crippen molar-refractivity contribution in [1.82, 2.24) is 15.1 Å². The third-order valence-corrected chi connectivity index (χ3v) is 6.70. The Kier molecular flexibility index (Phi) is 7.20. The summed E-state index contributed by atoms with van der Waals surface area (Å²) in [4.78, 5) is 14.2. The number of rotatable bonds is 5. The molecule has 4 rings (SSSR count). The first kappa shape index (κ1) is 20.6. The molecule has 8 heteroatoms. The first-order valence-electron chi connectivity index (χ1n) is 9.53. The van der Waals surface area contributed by atoms with Gasteiger partial charge in [0.1, 0.15) is 5.82 Å².